The van der Waals surface area contributed by atoms with Crippen LogP contribution in [0.15, 0.2) is 78.9 Å². The minimum Gasteiger partial charge on any atom is -0.466 e. The third-order valence-electron chi connectivity index (χ3n) is 6.78. The summed E-state index contributed by atoms with van der Waals surface area (Å²) in [6.07, 6.45) is 0.624. The molecule has 0 bridgehead atoms. The molecule has 1 aromatic heterocycles. The quantitative estimate of drug-likeness (QED) is 0.196. The van der Waals surface area contributed by atoms with Gasteiger partial charge in [-0.15, -0.1) is 5.10 Å². The van der Waals surface area contributed by atoms with Crippen LogP contribution in [0.2, 0.25) is 0 Å². The molecule has 42 heavy (non-hydrogen) atoms. The van der Waals surface area contributed by atoms with Gasteiger partial charge in [-0.25, -0.2) is 14.3 Å². The van der Waals surface area contributed by atoms with Crippen LogP contribution in [0, 0.1) is 11.3 Å². The zero-order chi connectivity index (χ0) is 29.7. The van der Waals surface area contributed by atoms with Crippen molar-refractivity contribution < 1.29 is 19.1 Å². The van der Waals surface area contributed by atoms with Gasteiger partial charge < -0.3 is 14.4 Å². The molecule has 0 saturated carbocycles. The van der Waals surface area contributed by atoms with Gasteiger partial charge in [0.15, 0.2) is 5.82 Å². The number of carbonyl (C=O) groups excluding carboxylic acids is 2. The number of ether oxygens (including phenoxy) is 2. The zero-order valence-electron chi connectivity index (χ0n) is 23.8. The van der Waals surface area contributed by atoms with Gasteiger partial charge in [0.2, 0.25) is 6.10 Å². The standard InChI is InChI=1S/C32H34N6O4/c1-3-4-20-37(32(40)42-29(31(39)41-2)22-24-11-6-5-7-12-24)23-25-15-17-26(18-16-25)27-13-8-9-14-28(27)30-34-35-36-38(30)21-10-19-33/h5-9,11-18,29H,3-4,10,20-23H2,1-2H3. The number of aromatic nitrogens is 4. The van der Waals surface area contributed by atoms with Gasteiger partial charge in [-0.05, 0) is 39.1 Å². The van der Waals surface area contributed by atoms with E-state index in [0.29, 0.717) is 31.9 Å². The fourth-order valence-electron chi connectivity index (χ4n) is 4.56. The van der Waals surface area contributed by atoms with Crippen molar-refractivity contribution in [2.24, 2.45) is 0 Å². The second kappa shape index (κ2) is 15.1. The summed E-state index contributed by atoms with van der Waals surface area (Å²) in [6, 6.07) is 27.3. The van der Waals surface area contributed by atoms with Gasteiger partial charge in [-0.1, -0.05) is 92.2 Å². The molecule has 1 heterocycles. The van der Waals surface area contributed by atoms with E-state index < -0.39 is 18.2 Å². The summed E-state index contributed by atoms with van der Waals surface area (Å²) in [5.41, 5.74) is 4.55. The van der Waals surface area contributed by atoms with Crippen molar-refractivity contribution in [2.45, 2.75) is 51.8 Å². The molecule has 4 aromatic rings. The SMILES string of the molecule is CCCCN(Cc1ccc(-c2ccccc2-c2nnnn2CCC#N)cc1)C(=O)OC(Cc1ccccc1)C(=O)OC. The van der Waals surface area contributed by atoms with Gasteiger partial charge in [0, 0.05) is 25.1 Å². The van der Waals surface area contributed by atoms with Crippen molar-refractivity contribution in [2.75, 3.05) is 13.7 Å². The van der Waals surface area contributed by atoms with Crippen molar-refractivity contribution in [1.29, 1.82) is 5.26 Å². The first-order chi connectivity index (χ1) is 20.5. The maximum Gasteiger partial charge on any atom is 0.410 e. The molecule has 10 heteroatoms. The van der Waals surface area contributed by atoms with E-state index in [1.165, 1.54) is 7.11 Å². The van der Waals surface area contributed by atoms with Crippen molar-refractivity contribution >= 4 is 12.1 Å². The van der Waals surface area contributed by atoms with Crippen molar-refractivity contribution in [3.05, 3.63) is 90.0 Å². The van der Waals surface area contributed by atoms with E-state index in [4.69, 9.17) is 14.7 Å². The minimum atomic E-state index is -1.04. The smallest absolute Gasteiger partial charge is 0.410 e. The zero-order valence-corrected chi connectivity index (χ0v) is 23.8. The molecule has 0 fully saturated rings. The molecule has 1 unspecified atom stereocenters. The molecule has 0 N–H and O–H groups in total. The van der Waals surface area contributed by atoms with Crippen molar-refractivity contribution in [1.82, 2.24) is 25.1 Å². The number of hydrogen-bond acceptors (Lipinski definition) is 8. The van der Waals surface area contributed by atoms with Crippen LogP contribution in [0.1, 0.15) is 37.3 Å². The Hall–Kier alpha value is -5.04. The number of rotatable bonds is 13. The predicted molar refractivity (Wildman–Crippen MR) is 157 cm³/mol. The molecule has 10 nitrogen and oxygen atoms in total. The summed E-state index contributed by atoms with van der Waals surface area (Å²) in [5, 5.41) is 21.0. The van der Waals surface area contributed by atoms with E-state index >= 15 is 0 Å². The summed E-state index contributed by atoms with van der Waals surface area (Å²) in [6.45, 7) is 3.27. The number of benzene rings is 3. The highest BCUT2D eigenvalue weighted by molar-refractivity contribution is 5.81. The van der Waals surface area contributed by atoms with Crippen LogP contribution in [0.25, 0.3) is 22.5 Å². The number of esters is 1. The number of nitriles is 1. The molecule has 0 saturated heterocycles. The van der Waals surface area contributed by atoms with Crippen molar-refractivity contribution in [3.8, 4) is 28.6 Å². The molecule has 0 spiro atoms. The lowest BCUT2D eigenvalue weighted by molar-refractivity contribution is -0.151. The lowest BCUT2D eigenvalue weighted by Gasteiger charge is -2.25. The number of methoxy groups -OCH3 is 1. The van der Waals surface area contributed by atoms with Gasteiger partial charge in [-0.2, -0.15) is 5.26 Å². The van der Waals surface area contributed by atoms with Crippen molar-refractivity contribution in [3.63, 3.8) is 0 Å². The van der Waals surface area contributed by atoms with Crippen LogP contribution in [0.3, 0.4) is 0 Å². The summed E-state index contributed by atoms with van der Waals surface area (Å²) in [4.78, 5) is 27.4. The van der Waals surface area contributed by atoms with E-state index in [2.05, 4.69) is 28.5 Å². The summed E-state index contributed by atoms with van der Waals surface area (Å²) in [5.74, 6) is -0.00149. The highest BCUT2D eigenvalue weighted by atomic mass is 16.6. The first-order valence-corrected chi connectivity index (χ1v) is 13.9. The van der Waals surface area contributed by atoms with Crippen LogP contribution in [-0.2, 0) is 33.8 Å². The average Bonchev–Trinajstić information content (AvgIpc) is 3.50. The molecule has 216 valence electrons. The van der Waals surface area contributed by atoms with Crippen LogP contribution in [0.4, 0.5) is 4.79 Å². The Bertz CT molecular complexity index is 1500. The van der Waals surface area contributed by atoms with E-state index in [0.717, 1.165) is 40.7 Å². The molecule has 0 aliphatic heterocycles. The van der Waals surface area contributed by atoms with Gasteiger partial charge >= 0.3 is 12.1 Å². The number of carbonyl (C=O) groups is 2. The average molecular weight is 567 g/mol. The monoisotopic (exact) mass is 566 g/mol. The number of tetrazole rings is 1. The topological polar surface area (TPSA) is 123 Å². The fourth-order valence-corrected chi connectivity index (χ4v) is 4.56. The Morgan fingerprint density at radius 3 is 2.38 bits per heavy atom. The van der Waals surface area contributed by atoms with E-state index in [-0.39, 0.29) is 6.42 Å². The highest BCUT2D eigenvalue weighted by Crippen LogP contribution is 2.31. The minimum absolute atomic E-state index is 0.231. The third-order valence-corrected chi connectivity index (χ3v) is 6.78. The molecule has 1 amide bonds. The lowest BCUT2D eigenvalue weighted by Crippen LogP contribution is -2.38. The fraction of sp³-hybridized carbons (Fsp3) is 0.312. The summed E-state index contributed by atoms with van der Waals surface area (Å²) < 4.78 is 12.3. The number of hydrogen-bond donors (Lipinski definition) is 0. The Morgan fingerprint density at radius 1 is 0.976 bits per heavy atom. The molecule has 0 aliphatic carbocycles. The van der Waals surface area contributed by atoms with Crippen LogP contribution in [-0.4, -0.2) is 56.9 Å². The van der Waals surface area contributed by atoms with Gasteiger partial charge in [0.05, 0.1) is 26.1 Å². The maximum atomic E-state index is 13.3. The third kappa shape index (κ3) is 7.79. The second-order valence-corrected chi connectivity index (χ2v) is 9.74. The lowest BCUT2D eigenvalue weighted by atomic mass is 9.98. The van der Waals surface area contributed by atoms with Gasteiger partial charge in [-0.3, -0.25) is 0 Å². The molecular formula is C32H34N6O4. The molecule has 0 aliphatic rings. The number of nitrogens with zero attached hydrogens (tertiary/aromatic N) is 6. The molecule has 3 aromatic carbocycles. The normalized spacial score (nSPS) is 11.4. The Kier molecular flexibility index (Phi) is 10.8. The van der Waals surface area contributed by atoms with Gasteiger partial charge in [0.25, 0.3) is 0 Å². The number of amides is 1. The molecule has 0 radical (unpaired) electrons. The van der Waals surface area contributed by atoms with Crippen LogP contribution < -0.4 is 0 Å². The first kappa shape index (κ1) is 29.9. The van der Waals surface area contributed by atoms with Crippen LogP contribution >= 0.6 is 0 Å². The maximum absolute atomic E-state index is 13.3. The predicted octanol–water partition coefficient (Wildman–Crippen LogP) is 5.44. The van der Waals surface area contributed by atoms with E-state index in [9.17, 15) is 9.59 Å². The Morgan fingerprint density at radius 2 is 1.69 bits per heavy atom. The summed E-state index contributed by atoms with van der Waals surface area (Å²) in [7, 11) is 1.29. The largest absolute Gasteiger partial charge is 0.466 e. The Labute approximate surface area is 245 Å². The van der Waals surface area contributed by atoms with E-state index in [1.807, 2.05) is 78.9 Å². The number of unbranched alkanes of at least 4 members (excludes halogenated alkanes) is 1. The second-order valence-electron chi connectivity index (χ2n) is 9.74. The van der Waals surface area contributed by atoms with E-state index in [1.54, 1.807) is 9.58 Å². The summed E-state index contributed by atoms with van der Waals surface area (Å²) >= 11 is 0. The highest BCUT2D eigenvalue weighted by Gasteiger charge is 2.27. The number of aryl methyl sites for hydroxylation is 1. The molecular weight excluding hydrogens is 532 g/mol. The Balaban J connectivity index is 1.51. The first-order valence-electron chi connectivity index (χ1n) is 13.9. The van der Waals surface area contributed by atoms with Gasteiger partial charge in [0.1, 0.15) is 0 Å². The molecule has 1 atom stereocenters. The van der Waals surface area contributed by atoms with Crippen LogP contribution in [0.5, 0.6) is 0 Å². The molecule has 4 rings (SSSR count).